The number of benzene rings is 5. The molecule has 0 bridgehead atoms. The lowest BCUT2D eigenvalue weighted by molar-refractivity contribution is 1.42. The van der Waals surface area contributed by atoms with Crippen LogP contribution in [0.5, 0.6) is 0 Å². The molecular weight excluding hydrogens is 422 g/mol. The quantitative estimate of drug-likeness (QED) is 0.234. The minimum absolute atomic E-state index is 1.88. The summed E-state index contributed by atoms with van der Waals surface area (Å²) < 4.78 is 0. The molecule has 0 aliphatic carbocycles. The Labute approximate surface area is 211 Å². The van der Waals surface area contributed by atoms with Gasteiger partial charge in [-0.15, -0.1) is 0 Å². The highest BCUT2D eigenvalue weighted by Crippen LogP contribution is 1.82. The topological polar surface area (TPSA) is 15.8 Å². The van der Waals surface area contributed by atoms with E-state index in [0.29, 0.717) is 0 Å². The fraction of sp³-hybridized carbons (Fsp3) is 0. The average Bonchev–Trinajstić information content (AvgIpc) is 3.60. The SMILES string of the molecule is c1cc[nH]c1.c1ccccc1.c1ccccc1.c1ccccc1.c1ccccc1.c1ccccc1. The van der Waals surface area contributed by atoms with Crippen LogP contribution in [0.2, 0.25) is 0 Å². The van der Waals surface area contributed by atoms with Gasteiger partial charge < -0.3 is 4.98 Å². The van der Waals surface area contributed by atoms with Crippen LogP contribution in [0.25, 0.3) is 0 Å². The molecule has 1 heterocycles. The van der Waals surface area contributed by atoms with Crippen LogP contribution in [0.4, 0.5) is 0 Å². The van der Waals surface area contributed by atoms with Gasteiger partial charge in [-0.25, -0.2) is 0 Å². The molecule has 176 valence electrons. The Morgan fingerprint density at radius 2 is 0.257 bits per heavy atom. The highest BCUT2D eigenvalue weighted by atomic mass is 14.6. The zero-order valence-corrected chi connectivity index (χ0v) is 20.1. The van der Waals surface area contributed by atoms with Gasteiger partial charge in [-0.1, -0.05) is 182 Å². The third-order valence-corrected chi connectivity index (χ3v) is 3.83. The molecule has 0 aliphatic heterocycles. The predicted octanol–water partition coefficient (Wildman–Crippen LogP) is 9.45. The van der Waals surface area contributed by atoms with Crippen molar-refractivity contribution in [1.29, 1.82) is 0 Å². The summed E-state index contributed by atoms with van der Waals surface area (Å²) in [5, 5.41) is 0. The van der Waals surface area contributed by atoms with Crippen LogP contribution >= 0.6 is 0 Å². The highest BCUT2D eigenvalue weighted by molar-refractivity contribution is 5.01. The van der Waals surface area contributed by atoms with Crippen molar-refractivity contribution in [2.24, 2.45) is 0 Å². The van der Waals surface area contributed by atoms with Crippen molar-refractivity contribution in [3.05, 3.63) is 207 Å². The normalized spacial score (nSPS) is 8.00. The van der Waals surface area contributed by atoms with E-state index < -0.39 is 0 Å². The molecule has 6 rings (SSSR count). The lowest BCUT2D eigenvalue weighted by Gasteiger charge is -1.69. The van der Waals surface area contributed by atoms with E-state index >= 15 is 0 Å². The van der Waals surface area contributed by atoms with Crippen LogP contribution in [0.15, 0.2) is 207 Å². The van der Waals surface area contributed by atoms with E-state index in [9.17, 15) is 0 Å². The van der Waals surface area contributed by atoms with Crippen LogP contribution in [0.1, 0.15) is 0 Å². The summed E-state index contributed by atoms with van der Waals surface area (Å²) in [4.78, 5) is 2.86. The van der Waals surface area contributed by atoms with Crippen molar-refractivity contribution >= 4 is 0 Å². The molecule has 0 saturated heterocycles. The van der Waals surface area contributed by atoms with E-state index in [2.05, 4.69) is 4.98 Å². The summed E-state index contributed by atoms with van der Waals surface area (Å²) in [7, 11) is 0. The minimum Gasteiger partial charge on any atom is -0.368 e. The largest absolute Gasteiger partial charge is 0.368 e. The zero-order chi connectivity index (χ0) is 24.7. The highest BCUT2D eigenvalue weighted by Gasteiger charge is 1.60. The molecule has 5 aromatic carbocycles. The van der Waals surface area contributed by atoms with E-state index in [-0.39, 0.29) is 0 Å². The van der Waals surface area contributed by atoms with E-state index in [1.807, 2.05) is 207 Å². The Morgan fingerprint density at radius 3 is 0.314 bits per heavy atom. The van der Waals surface area contributed by atoms with Gasteiger partial charge in [0.05, 0.1) is 0 Å². The number of nitrogens with one attached hydrogen (secondary N) is 1. The molecule has 1 heteroatoms. The number of rotatable bonds is 0. The lowest BCUT2D eigenvalue weighted by atomic mass is 10.4. The molecule has 0 amide bonds. The monoisotopic (exact) mass is 457 g/mol. The second kappa shape index (κ2) is 25.6. The number of aromatic amines is 1. The molecule has 0 saturated carbocycles. The van der Waals surface area contributed by atoms with Gasteiger partial charge in [0.1, 0.15) is 0 Å². The number of hydrogen-bond acceptors (Lipinski definition) is 0. The van der Waals surface area contributed by atoms with Gasteiger partial charge in [-0.05, 0) is 12.1 Å². The smallest absolute Gasteiger partial charge is 0.000496 e. The first-order valence-electron chi connectivity index (χ1n) is 11.6. The summed E-state index contributed by atoms with van der Waals surface area (Å²) in [5.74, 6) is 0. The maximum Gasteiger partial charge on any atom is 0.000496 e. The van der Waals surface area contributed by atoms with E-state index in [1.54, 1.807) is 0 Å². The minimum atomic E-state index is 1.88. The van der Waals surface area contributed by atoms with Crippen molar-refractivity contribution in [3.63, 3.8) is 0 Å². The van der Waals surface area contributed by atoms with Crippen molar-refractivity contribution in [2.45, 2.75) is 0 Å². The average molecular weight is 458 g/mol. The number of hydrogen-bond donors (Lipinski definition) is 1. The molecule has 0 aliphatic rings. The summed E-state index contributed by atoms with van der Waals surface area (Å²) in [6, 6.07) is 63.9. The Morgan fingerprint density at radius 1 is 0.143 bits per heavy atom. The third-order valence-electron chi connectivity index (χ3n) is 3.83. The first-order valence-corrected chi connectivity index (χ1v) is 11.6. The van der Waals surface area contributed by atoms with E-state index in [1.165, 1.54) is 0 Å². The Bertz CT molecular complexity index is 714. The Hall–Kier alpha value is -4.62. The zero-order valence-electron chi connectivity index (χ0n) is 20.1. The van der Waals surface area contributed by atoms with E-state index in [0.717, 1.165) is 0 Å². The molecule has 35 heavy (non-hydrogen) atoms. The second-order valence-electron chi connectivity index (χ2n) is 6.66. The van der Waals surface area contributed by atoms with Gasteiger partial charge in [0.15, 0.2) is 0 Å². The summed E-state index contributed by atoms with van der Waals surface area (Å²) in [6.45, 7) is 0. The molecule has 0 unspecified atom stereocenters. The Balaban J connectivity index is 0.000000210. The summed E-state index contributed by atoms with van der Waals surface area (Å²) >= 11 is 0. The second-order valence-corrected chi connectivity index (χ2v) is 6.66. The first-order chi connectivity index (χ1) is 17.5. The van der Waals surface area contributed by atoms with Gasteiger partial charge in [-0.3, -0.25) is 0 Å². The van der Waals surface area contributed by atoms with Gasteiger partial charge in [-0.2, -0.15) is 0 Å². The standard InChI is InChI=1S/5C6H6.C4H5N/c5*1-2-4-6-5-3-1;1-2-4-5-3-1/h5*1-6H;1-5H. The Kier molecular flexibility index (Phi) is 20.8. The number of H-pyrrole nitrogens is 1. The maximum atomic E-state index is 2.86. The van der Waals surface area contributed by atoms with Crippen LogP contribution in [-0.2, 0) is 0 Å². The van der Waals surface area contributed by atoms with Crippen molar-refractivity contribution in [2.75, 3.05) is 0 Å². The predicted molar refractivity (Wildman–Crippen MR) is 153 cm³/mol. The molecule has 0 atom stereocenters. The maximum absolute atomic E-state index is 2.86. The number of aromatic nitrogens is 1. The third kappa shape index (κ3) is 23.9. The van der Waals surface area contributed by atoms with E-state index in [4.69, 9.17) is 0 Å². The molecule has 0 fully saturated rings. The fourth-order valence-corrected chi connectivity index (χ4v) is 2.20. The molecule has 0 spiro atoms. The first kappa shape index (κ1) is 28.4. The van der Waals surface area contributed by atoms with Gasteiger partial charge in [0, 0.05) is 12.4 Å². The van der Waals surface area contributed by atoms with Crippen LogP contribution in [-0.4, -0.2) is 4.98 Å². The lowest BCUT2D eigenvalue weighted by Crippen LogP contribution is -1.47. The van der Waals surface area contributed by atoms with Crippen LogP contribution < -0.4 is 0 Å². The van der Waals surface area contributed by atoms with Crippen LogP contribution in [0, 0.1) is 0 Å². The van der Waals surface area contributed by atoms with Crippen molar-refractivity contribution < 1.29 is 0 Å². The molecule has 6 aromatic rings. The molecular formula is C34H35N. The molecule has 1 nitrogen and oxygen atoms in total. The van der Waals surface area contributed by atoms with Gasteiger partial charge >= 0.3 is 0 Å². The summed E-state index contributed by atoms with van der Waals surface area (Å²) in [6.07, 6.45) is 3.75. The van der Waals surface area contributed by atoms with Gasteiger partial charge in [0.25, 0.3) is 0 Å². The van der Waals surface area contributed by atoms with Crippen LogP contribution in [0.3, 0.4) is 0 Å². The molecule has 1 aromatic heterocycles. The van der Waals surface area contributed by atoms with Crippen molar-refractivity contribution in [3.8, 4) is 0 Å². The molecule has 0 radical (unpaired) electrons. The van der Waals surface area contributed by atoms with Gasteiger partial charge in [0.2, 0.25) is 0 Å². The fourth-order valence-electron chi connectivity index (χ4n) is 2.20. The summed E-state index contributed by atoms with van der Waals surface area (Å²) in [5.41, 5.74) is 0. The molecule has 1 N–H and O–H groups in total. The van der Waals surface area contributed by atoms with Crippen molar-refractivity contribution in [1.82, 2.24) is 4.98 Å².